The molecule has 2 aromatic rings. The summed E-state index contributed by atoms with van der Waals surface area (Å²) in [6.07, 6.45) is 2.73. The van der Waals surface area contributed by atoms with Crippen molar-refractivity contribution in [3.8, 4) is 5.75 Å². The van der Waals surface area contributed by atoms with Gasteiger partial charge in [0.05, 0.1) is 0 Å². The number of carboxylic acids is 1. The molecular formula is C29H36N4O6. The lowest BCUT2D eigenvalue weighted by Crippen LogP contribution is -2.56. The quantitative estimate of drug-likeness (QED) is 0.358. The minimum Gasteiger partial charge on any atom is -0.508 e. The summed E-state index contributed by atoms with van der Waals surface area (Å²) in [5.74, 6) is -2.08. The molecule has 0 spiro atoms. The maximum atomic E-state index is 13.8. The van der Waals surface area contributed by atoms with Crippen molar-refractivity contribution in [1.29, 1.82) is 0 Å². The van der Waals surface area contributed by atoms with Crippen molar-refractivity contribution < 1.29 is 29.4 Å². The predicted octanol–water partition coefficient (Wildman–Crippen LogP) is 1.45. The molecule has 10 heteroatoms. The average molecular weight is 537 g/mol. The Balaban J connectivity index is 1.48. The Hall–Kier alpha value is -3.92. The second-order valence-electron chi connectivity index (χ2n) is 10.4. The van der Waals surface area contributed by atoms with Crippen molar-refractivity contribution in [1.82, 2.24) is 15.1 Å². The lowest BCUT2D eigenvalue weighted by molar-refractivity contribution is -0.152. The first kappa shape index (κ1) is 28.1. The van der Waals surface area contributed by atoms with Crippen LogP contribution in [0.25, 0.3) is 0 Å². The molecule has 0 aliphatic carbocycles. The Morgan fingerprint density at radius 1 is 0.872 bits per heavy atom. The zero-order chi connectivity index (χ0) is 27.9. The summed E-state index contributed by atoms with van der Waals surface area (Å²) < 4.78 is 0. The van der Waals surface area contributed by atoms with Crippen LogP contribution in [0.15, 0.2) is 54.6 Å². The van der Waals surface area contributed by atoms with Crippen LogP contribution < -0.4 is 11.1 Å². The van der Waals surface area contributed by atoms with Gasteiger partial charge in [-0.3, -0.25) is 14.4 Å². The number of likely N-dealkylation sites (tertiary alicyclic amines) is 2. The number of benzene rings is 2. The number of amides is 3. The van der Waals surface area contributed by atoms with Gasteiger partial charge in [0.1, 0.15) is 23.9 Å². The Kier molecular flexibility index (Phi) is 9.19. The first-order chi connectivity index (χ1) is 18.7. The maximum absolute atomic E-state index is 13.8. The number of aliphatic carboxylic acids is 1. The second kappa shape index (κ2) is 12.8. The smallest absolute Gasteiger partial charge is 0.326 e. The molecule has 5 N–H and O–H groups in total. The highest BCUT2D eigenvalue weighted by molar-refractivity contribution is 5.94. The van der Waals surface area contributed by atoms with Gasteiger partial charge < -0.3 is 31.1 Å². The fraction of sp³-hybridized carbons (Fsp3) is 0.448. The third-order valence-electron chi connectivity index (χ3n) is 7.44. The monoisotopic (exact) mass is 536 g/mol. The molecule has 39 heavy (non-hydrogen) atoms. The molecule has 2 saturated heterocycles. The molecule has 2 aromatic carbocycles. The molecule has 0 aromatic heterocycles. The molecular weight excluding hydrogens is 500 g/mol. The number of nitrogens with two attached hydrogens (primary N) is 1. The van der Waals surface area contributed by atoms with Crippen LogP contribution in [0.3, 0.4) is 0 Å². The number of carboxylic acid groups (broad SMARTS) is 1. The fourth-order valence-electron chi connectivity index (χ4n) is 5.51. The second-order valence-corrected chi connectivity index (χ2v) is 10.4. The van der Waals surface area contributed by atoms with Crippen LogP contribution in [-0.4, -0.2) is 81.0 Å². The number of rotatable bonds is 10. The minimum absolute atomic E-state index is 0.0185. The Bertz CT molecular complexity index is 1170. The normalized spacial score (nSPS) is 20.4. The summed E-state index contributed by atoms with van der Waals surface area (Å²) >= 11 is 0. The number of phenols is 1. The zero-order valence-electron chi connectivity index (χ0n) is 21.9. The topological polar surface area (TPSA) is 153 Å². The lowest BCUT2D eigenvalue weighted by atomic mass is 10.0. The Morgan fingerprint density at radius 2 is 1.49 bits per heavy atom. The van der Waals surface area contributed by atoms with Crippen molar-refractivity contribution in [2.75, 3.05) is 13.1 Å². The third-order valence-corrected chi connectivity index (χ3v) is 7.44. The fourth-order valence-corrected chi connectivity index (χ4v) is 5.51. The molecule has 3 amide bonds. The summed E-state index contributed by atoms with van der Waals surface area (Å²) in [6.45, 7) is 0.692. The summed E-state index contributed by atoms with van der Waals surface area (Å²) in [4.78, 5) is 54.7. The summed E-state index contributed by atoms with van der Waals surface area (Å²) in [7, 11) is 0. The number of hydrogen-bond acceptors (Lipinski definition) is 6. The molecule has 0 unspecified atom stereocenters. The first-order valence-electron chi connectivity index (χ1n) is 13.4. The summed E-state index contributed by atoms with van der Waals surface area (Å²) in [6, 6.07) is 12.9. The largest absolute Gasteiger partial charge is 0.508 e. The highest BCUT2D eigenvalue weighted by atomic mass is 16.4. The molecule has 2 heterocycles. The van der Waals surface area contributed by atoms with Crippen LogP contribution in [0.2, 0.25) is 0 Å². The van der Waals surface area contributed by atoms with Crippen molar-refractivity contribution in [3.63, 3.8) is 0 Å². The third kappa shape index (κ3) is 7.14. The summed E-state index contributed by atoms with van der Waals surface area (Å²) in [5.41, 5.74) is 7.97. The Labute approximate surface area is 227 Å². The van der Waals surface area contributed by atoms with E-state index >= 15 is 0 Å². The van der Waals surface area contributed by atoms with Gasteiger partial charge in [0.15, 0.2) is 0 Å². The predicted molar refractivity (Wildman–Crippen MR) is 144 cm³/mol. The van der Waals surface area contributed by atoms with Crippen LogP contribution in [-0.2, 0) is 32.0 Å². The van der Waals surface area contributed by atoms with E-state index in [4.69, 9.17) is 5.73 Å². The molecule has 208 valence electrons. The van der Waals surface area contributed by atoms with Crippen molar-refractivity contribution in [2.24, 2.45) is 5.73 Å². The van der Waals surface area contributed by atoms with Crippen LogP contribution in [0.5, 0.6) is 5.75 Å². The van der Waals surface area contributed by atoms with Gasteiger partial charge in [-0.25, -0.2) is 4.79 Å². The number of phenolic OH excluding ortho intramolecular Hbond substituents is 1. The van der Waals surface area contributed by atoms with Crippen LogP contribution in [0.4, 0.5) is 0 Å². The highest BCUT2D eigenvalue weighted by Gasteiger charge is 2.43. The van der Waals surface area contributed by atoms with Gasteiger partial charge in [-0.15, -0.1) is 0 Å². The van der Waals surface area contributed by atoms with Crippen LogP contribution in [0, 0.1) is 0 Å². The van der Waals surface area contributed by atoms with E-state index in [9.17, 15) is 29.4 Å². The van der Waals surface area contributed by atoms with Gasteiger partial charge in [0.25, 0.3) is 0 Å². The number of nitrogens with zero attached hydrogens (tertiary/aromatic N) is 2. The lowest BCUT2D eigenvalue weighted by Gasteiger charge is -2.32. The maximum Gasteiger partial charge on any atom is 0.326 e. The van der Waals surface area contributed by atoms with E-state index in [-0.39, 0.29) is 30.4 Å². The highest BCUT2D eigenvalue weighted by Crippen LogP contribution is 2.26. The van der Waals surface area contributed by atoms with Crippen molar-refractivity contribution >= 4 is 23.7 Å². The van der Waals surface area contributed by atoms with Crippen LogP contribution in [0.1, 0.15) is 43.2 Å². The average Bonchev–Trinajstić information content (AvgIpc) is 3.60. The molecule has 0 radical (unpaired) electrons. The van der Waals surface area contributed by atoms with E-state index in [1.807, 2.05) is 30.3 Å². The van der Waals surface area contributed by atoms with E-state index < -0.39 is 36.0 Å². The van der Waals surface area contributed by atoms with Gasteiger partial charge in [-0.1, -0.05) is 42.5 Å². The standard InChI is InChI=1S/C29H36N4O6/c30-21(16-19-6-2-1-3-7-19)18-26(35)31-23(17-20-10-12-22(34)13-11-20)27(36)32-14-4-8-24(32)28(37)33-15-5-9-25(33)29(38)39/h1-3,6-7,10-13,21,23-25,34H,4-5,8-9,14-18,30H2,(H,31,35)(H,38,39)/t21-,23-,24-,25-/m0/s1. The van der Waals surface area contributed by atoms with Crippen LogP contribution >= 0.6 is 0 Å². The molecule has 10 nitrogen and oxygen atoms in total. The number of aromatic hydroxyl groups is 1. The number of nitrogens with one attached hydrogen (secondary N) is 1. The van der Waals surface area contributed by atoms with E-state index in [0.29, 0.717) is 45.2 Å². The Morgan fingerprint density at radius 3 is 2.15 bits per heavy atom. The van der Waals surface area contributed by atoms with Crippen molar-refractivity contribution in [2.45, 2.75) is 69.1 Å². The van der Waals surface area contributed by atoms with E-state index in [2.05, 4.69) is 5.32 Å². The van der Waals surface area contributed by atoms with Gasteiger partial charge in [0.2, 0.25) is 17.7 Å². The number of hydrogen-bond donors (Lipinski definition) is 4. The molecule has 2 aliphatic rings. The molecule has 2 fully saturated rings. The molecule has 4 atom stereocenters. The molecule has 4 rings (SSSR count). The summed E-state index contributed by atoms with van der Waals surface area (Å²) in [5, 5.41) is 22.0. The number of carbonyl (C=O) groups excluding carboxylic acids is 3. The molecule has 0 bridgehead atoms. The van der Waals surface area contributed by atoms with E-state index in [1.165, 1.54) is 21.9 Å². The zero-order valence-corrected chi connectivity index (χ0v) is 21.9. The van der Waals surface area contributed by atoms with Gasteiger partial charge in [-0.2, -0.15) is 0 Å². The SMILES string of the molecule is N[C@H](CC(=O)N[C@@H](Cc1ccc(O)cc1)C(=O)N1CCC[C@H]1C(=O)N1CCC[C@H]1C(=O)O)Cc1ccccc1. The molecule has 2 aliphatic heterocycles. The van der Waals surface area contributed by atoms with E-state index in [1.54, 1.807) is 12.1 Å². The van der Waals surface area contributed by atoms with Crippen molar-refractivity contribution in [3.05, 3.63) is 65.7 Å². The minimum atomic E-state index is -1.04. The number of carbonyl (C=O) groups is 4. The van der Waals surface area contributed by atoms with Gasteiger partial charge in [-0.05, 0) is 55.4 Å². The van der Waals surface area contributed by atoms with Gasteiger partial charge >= 0.3 is 5.97 Å². The van der Waals surface area contributed by atoms with Gasteiger partial charge in [0, 0.05) is 32.0 Å². The first-order valence-corrected chi connectivity index (χ1v) is 13.4. The van der Waals surface area contributed by atoms with E-state index in [0.717, 1.165) is 11.1 Å². The molecule has 0 saturated carbocycles.